The van der Waals surface area contributed by atoms with E-state index in [4.69, 9.17) is 9.47 Å². The molecule has 150 valence electrons. The molecule has 0 aliphatic carbocycles. The third kappa shape index (κ3) is 5.71. The van der Waals surface area contributed by atoms with Gasteiger partial charge in [-0.25, -0.2) is 0 Å². The van der Waals surface area contributed by atoms with Crippen molar-refractivity contribution in [1.82, 2.24) is 9.80 Å². The van der Waals surface area contributed by atoms with E-state index >= 15 is 0 Å². The number of rotatable bonds is 8. The topological polar surface area (TPSA) is 54.0 Å². The smallest absolute Gasteiger partial charge is 0.238 e. The largest absolute Gasteiger partial charge is 0.497 e. The molecule has 1 fully saturated rings. The minimum atomic E-state index is -0.00611. The predicted molar refractivity (Wildman–Crippen MR) is 111 cm³/mol. The van der Waals surface area contributed by atoms with Crippen LogP contribution in [-0.4, -0.2) is 62.1 Å². The molecule has 28 heavy (non-hydrogen) atoms. The monoisotopic (exact) mass is 383 g/mol. The summed E-state index contributed by atoms with van der Waals surface area (Å²) in [6.07, 6.45) is 0. The Morgan fingerprint density at radius 1 is 1.04 bits per heavy atom. The fraction of sp³-hybridized carbons (Fsp3) is 0.409. The highest BCUT2D eigenvalue weighted by molar-refractivity contribution is 5.93. The molecule has 0 aromatic heterocycles. The van der Waals surface area contributed by atoms with E-state index < -0.39 is 0 Å². The number of piperazine rings is 1. The molecule has 1 amide bonds. The van der Waals surface area contributed by atoms with Crippen molar-refractivity contribution in [2.75, 3.05) is 51.8 Å². The first-order valence-electron chi connectivity index (χ1n) is 9.77. The van der Waals surface area contributed by atoms with Gasteiger partial charge in [-0.2, -0.15) is 0 Å². The van der Waals surface area contributed by atoms with Crippen LogP contribution in [0.4, 0.5) is 5.69 Å². The van der Waals surface area contributed by atoms with E-state index in [1.165, 1.54) is 5.56 Å². The molecule has 2 aromatic rings. The lowest BCUT2D eigenvalue weighted by Gasteiger charge is -2.34. The Morgan fingerprint density at radius 3 is 2.54 bits per heavy atom. The van der Waals surface area contributed by atoms with Gasteiger partial charge in [0, 0.05) is 32.7 Å². The number of nitrogens with zero attached hydrogens (tertiary/aromatic N) is 2. The zero-order chi connectivity index (χ0) is 19.8. The van der Waals surface area contributed by atoms with Crippen molar-refractivity contribution in [2.45, 2.75) is 13.5 Å². The van der Waals surface area contributed by atoms with Crippen molar-refractivity contribution < 1.29 is 14.3 Å². The predicted octanol–water partition coefficient (Wildman–Crippen LogP) is 2.85. The van der Waals surface area contributed by atoms with Crippen LogP contribution in [0.1, 0.15) is 12.5 Å². The normalized spacial score (nSPS) is 15.2. The van der Waals surface area contributed by atoms with E-state index in [9.17, 15) is 4.79 Å². The van der Waals surface area contributed by atoms with Gasteiger partial charge in [0.1, 0.15) is 11.5 Å². The van der Waals surface area contributed by atoms with Gasteiger partial charge < -0.3 is 14.8 Å². The zero-order valence-corrected chi connectivity index (χ0v) is 16.7. The molecule has 3 rings (SSSR count). The van der Waals surface area contributed by atoms with Crippen molar-refractivity contribution in [2.24, 2.45) is 0 Å². The van der Waals surface area contributed by atoms with Gasteiger partial charge in [-0.15, -0.1) is 0 Å². The number of carbonyl (C=O) groups excluding carboxylic acids is 1. The summed E-state index contributed by atoms with van der Waals surface area (Å²) in [5.74, 6) is 1.59. The minimum Gasteiger partial charge on any atom is -0.497 e. The van der Waals surface area contributed by atoms with Crippen LogP contribution in [0.25, 0.3) is 0 Å². The third-order valence-corrected chi connectivity index (χ3v) is 4.83. The Labute approximate surface area is 167 Å². The second-order valence-corrected chi connectivity index (χ2v) is 6.88. The number of ether oxygens (including phenoxy) is 2. The first kappa shape index (κ1) is 20.2. The molecular formula is C22H29N3O3. The molecule has 1 saturated heterocycles. The van der Waals surface area contributed by atoms with Crippen molar-refractivity contribution in [3.8, 4) is 11.5 Å². The van der Waals surface area contributed by atoms with Gasteiger partial charge in [-0.3, -0.25) is 14.6 Å². The summed E-state index contributed by atoms with van der Waals surface area (Å²) in [4.78, 5) is 17.0. The summed E-state index contributed by atoms with van der Waals surface area (Å²) in [6.45, 7) is 7.45. The van der Waals surface area contributed by atoms with Crippen molar-refractivity contribution in [3.05, 3.63) is 54.1 Å². The lowest BCUT2D eigenvalue weighted by atomic mass is 10.2. The molecule has 1 heterocycles. The molecule has 0 atom stereocenters. The number of nitrogens with one attached hydrogen (secondary N) is 1. The van der Waals surface area contributed by atoms with Gasteiger partial charge in [0.25, 0.3) is 0 Å². The summed E-state index contributed by atoms with van der Waals surface area (Å²) in [5, 5.41) is 2.97. The first-order valence-corrected chi connectivity index (χ1v) is 9.77. The standard InChI is InChI=1S/C22H29N3O3/c1-3-28-21-10-5-4-9-20(21)23-22(26)17-25-13-11-24(12-14-25)16-18-7-6-8-19(15-18)27-2/h4-10,15H,3,11-14,16-17H2,1-2H3,(H,23,26). The van der Waals surface area contributed by atoms with E-state index in [1.807, 2.05) is 43.3 Å². The summed E-state index contributed by atoms with van der Waals surface area (Å²) in [7, 11) is 1.69. The fourth-order valence-corrected chi connectivity index (χ4v) is 3.38. The molecular weight excluding hydrogens is 354 g/mol. The molecule has 0 spiro atoms. The van der Waals surface area contributed by atoms with Crippen LogP contribution in [0.15, 0.2) is 48.5 Å². The first-order chi connectivity index (χ1) is 13.7. The average Bonchev–Trinajstić information content (AvgIpc) is 2.71. The number of hydrogen-bond acceptors (Lipinski definition) is 5. The maximum atomic E-state index is 12.4. The fourth-order valence-electron chi connectivity index (χ4n) is 3.38. The quantitative estimate of drug-likeness (QED) is 0.760. The van der Waals surface area contributed by atoms with E-state index in [0.29, 0.717) is 18.9 Å². The minimum absolute atomic E-state index is 0.00611. The van der Waals surface area contributed by atoms with E-state index in [-0.39, 0.29) is 5.91 Å². The molecule has 0 unspecified atom stereocenters. The lowest BCUT2D eigenvalue weighted by molar-refractivity contribution is -0.117. The summed E-state index contributed by atoms with van der Waals surface area (Å²) in [5.41, 5.74) is 1.98. The molecule has 1 aliphatic heterocycles. The second kappa shape index (κ2) is 10.1. The Balaban J connectivity index is 1.45. The van der Waals surface area contributed by atoms with Crippen LogP contribution in [0.5, 0.6) is 11.5 Å². The summed E-state index contributed by atoms with van der Waals surface area (Å²) < 4.78 is 10.9. The highest BCUT2D eigenvalue weighted by Gasteiger charge is 2.19. The van der Waals surface area contributed by atoms with Crippen LogP contribution < -0.4 is 14.8 Å². The SMILES string of the molecule is CCOc1ccccc1NC(=O)CN1CCN(Cc2cccc(OC)c2)CC1. The van der Waals surface area contributed by atoms with Gasteiger partial charge in [0.15, 0.2) is 0 Å². The van der Waals surface area contributed by atoms with Crippen molar-refractivity contribution in [1.29, 1.82) is 0 Å². The number of benzene rings is 2. The van der Waals surface area contributed by atoms with Crippen LogP contribution in [-0.2, 0) is 11.3 Å². The maximum Gasteiger partial charge on any atom is 0.238 e. The number of methoxy groups -OCH3 is 1. The number of hydrogen-bond donors (Lipinski definition) is 1. The highest BCUT2D eigenvalue weighted by Crippen LogP contribution is 2.23. The number of anilines is 1. The number of carbonyl (C=O) groups is 1. The Morgan fingerprint density at radius 2 is 1.79 bits per heavy atom. The molecule has 1 N–H and O–H groups in total. The highest BCUT2D eigenvalue weighted by atomic mass is 16.5. The molecule has 1 aliphatic rings. The number of amides is 1. The molecule has 0 bridgehead atoms. The molecule has 6 nitrogen and oxygen atoms in total. The van der Waals surface area contributed by atoms with Gasteiger partial charge in [-0.1, -0.05) is 24.3 Å². The van der Waals surface area contributed by atoms with E-state index in [1.54, 1.807) is 7.11 Å². The van der Waals surface area contributed by atoms with Gasteiger partial charge in [0.05, 0.1) is 25.9 Å². The van der Waals surface area contributed by atoms with Crippen LogP contribution in [0, 0.1) is 0 Å². The third-order valence-electron chi connectivity index (χ3n) is 4.83. The van der Waals surface area contributed by atoms with E-state index in [2.05, 4.69) is 27.2 Å². The van der Waals surface area contributed by atoms with Gasteiger partial charge >= 0.3 is 0 Å². The van der Waals surface area contributed by atoms with Crippen LogP contribution in [0.3, 0.4) is 0 Å². The van der Waals surface area contributed by atoms with Gasteiger partial charge in [0.2, 0.25) is 5.91 Å². The lowest BCUT2D eigenvalue weighted by Crippen LogP contribution is -2.48. The summed E-state index contributed by atoms with van der Waals surface area (Å²) in [6, 6.07) is 15.7. The second-order valence-electron chi connectivity index (χ2n) is 6.88. The Kier molecular flexibility index (Phi) is 7.28. The molecule has 2 aromatic carbocycles. The molecule has 0 radical (unpaired) electrons. The van der Waals surface area contributed by atoms with Crippen LogP contribution >= 0.6 is 0 Å². The van der Waals surface area contributed by atoms with Crippen molar-refractivity contribution in [3.63, 3.8) is 0 Å². The Hall–Kier alpha value is -2.57. The average molecular weight is 383 g/mol. The maximum absolute atomic E-state index is 12.4. The van der Waals surface area contributed by atoms with Gasteiger partial charge in [-0.05, 0) is 36.8 Å². The molecule has 6 heteroatoms. The zero-order valence-electron chi connectivity index (χ0n) is 16.7. The summed E-state index contributed by atoms with van der Waals surface area (Å²) >= 11 is 0. The van der Waals surface area contributed by atoms with Crippen LogP contribution in [0.2, 0.25) is 0 Å². The number of para-hydroxylation sites is 2. The van der Waals surface area contributed by atoms with Crippen molar-refractivity contribution >= 4 is 11.6 Å². The Bertz CT molecular complexity index is 773. The molecule has 0 saturated carbocycles. The van der Waals surface area contributed by atoms with E-state index in [0.717, 1.165) is 44.2 Å².